The highest BCUT2D eigenvalue weighted by atomic mass is 16.2. The fourth-order valence-corrected chi connectivity index (χ4v) is 1.35. The van der Waals surface area contributed by atoms with Crippen LogP contribution in [0.5, 0.6) is 0 Å². The Morgan fingerprint density at radius 1 is 1.85 bits per heavy atom. The van der Waals surface area contributed by atoms with Crippen LogP contribution in [0.2, 0.25) is 0 Å². The first kappa shape index (κ1) is 9.83. The molecule has 13 heavy (non-hydrogen) atoms. The number of rotatable bonds is 2. The highest BCUT2D eigenvalue weighted by Crippen LogP contribution is 2.07. The van der Waals surface area contributed by atoms with Crippen LogP contribution >= 0.6 is 0 Å². The lowest BCUT2D eigenvalue weighted by Gasteiger charge is -2.12. The van der Waals surface area contributed by atoms with Crippen molar-refractivity contribution in [2.75, 3.05) is 20.1 Å². The van der Waals surface area contributed by atoms with Crippen LogP contribution in [-0.2, 0) is 4.79 Å². The molecule has 0 bridgehead atoms. The maximum absolute atomic E-state index is 11.4. The van der Waals surface area contributed by atoms with Crippen molar-refractivity contribution in [2.24, 2.45) is 10.7 Å². The summed E-state index contributed by atoms with van der Waals surface area (Å²) >= 11 is 0. The van der Waals surface area contributed by atoms with Gasteiger partial charge in [-0.15, -0.1) is 0 Å². The van der Waals surface area contributed by atoms with Gasteiger partial charge in [0.25, 0.3) is 0 Å². The maximum Gasteiger partial charge on any atom is 0.244 e. The predicted octanol–water partition coefficient (Wildman–Crippen LogP) is -0.859. The van der Waals surface area contributed by atoms with Gasteiger partial charge in [0.2, 0.25) is 5.91 Å². The minimum atomic E-state index is -0.180. The molecule has 1 aliphatic rings. The van der Waals surface area contributed by atoms with Gasteiger partial charge < -0.3 is 16.0 Å². The first-order valence-corrected chi connectivity index (χ1v) is 4.46. The molecule has 0 saturated carbocycles. The van der Waals surface area contributed by atoms with E-state index in [0.717, 1.165) is 13.0 Å². The number of nitrogens with zero attached hydrogens (tertiary/aromatic N) is 2. The van der Waals surface area contributed by atoms with Crippen molar-refractivity contribution in [1.82, 2.24) is 10.2 Å². The molecule has 1 rings (SSSR count). The Kier molecular flexibility index (Phi) is 3.11. The third-order valence-corrected chi connectivity index (χ3v) is 2.08. The third kappa shape index (κ3) is 2.34. The van der Waals surface area contributed by atoms with Crippen molar-refractivity contribution < 1.29 is 4.79 Å². The third-order valence-electron chi connectivity index (χ3n) is 2.08. The van der Waals surface area contributed by atoms with E-state index in [-0.39, 0.29) is 11.9 Å². The monoisotopic (exact) mass is 184 g/mol. The van der Waals surface area contributed by atoms with Crippen molar-refractivity contribution in [1.29, 1.82) is 0 Å². The van der Waals surface area contributed by atoms with Crippen molar-refractivity contribution in [3.63, 3.8) is 0 Å². The Morgan fingerprint density at radius 2 is 2.54 bits per heavy atom. The summed E-state index contributed by atoms with van der Waals surface area (Å²) in [6, 6.07) is -0.180. The summed E-state index contributed by atoms with van der Waals surface area (Å²) in [6.07, 6.45) is 0.801. The number of hydrogen-bond donors (Lipinski definition) is 2. The SMILES string of the molecule is CCN=C(N)NC1CCN(C)C1=O. The molecule has 0 radical (unpaired) electrons. The molecular weight excluding hydrogens is 168 g/mol. The van der Waals surface area contributed by atoms with Gasteiger partial charge in [0.1, 0.15) is 6.04 Å². The van der Waals surface area contributed by atoms with Crippen LogP contribution in [0.3, 0.4) is 0 Å². The number of carbonyl (C=O) groups excluding carboxylic acids is 1. The van der Waals surface area contributed by atoms with Gasteiger partial charge in [0.15, 0.2) is 5.96 Å². The number of hydrogen-bond acceptors (Lipinski definition) is 2. The number of amides is 1. The van der Waals surface area contributed by atoms with Crippen molar-refractivity contribution >= 4 is 11.9 Å². The number of aliphatic imine (C=N–C) groups is 1. The Hall–Kier alpha value is -1.26. The summed E-state index contributed by atoms with van der Waals surface area (Å²) < 4.78 is 0. The van der Waals surface area contributed by atoms with Gasteiger partial charge in [-0.3, -0.25) is 9.79 Å². The number of likely N-dealkylation sites (N-methyl/N-ethyl adjacent to an activating group) is 1. The van der Waals surface area contributed by atoms with Gasteiger partial charge in [0.05, 0.1) is 0 Å². The molecule has 0 aromatic heterocycles. The molecule has 1 amide bonds. The van der Waals surface area contributed by atoms with E-state index < -0.39 is 0 Å². The number of likely N-dealkylation sites (tertiary alicyclic amines) is 1. The highest BCUT2D eigenvalue weighted by molar-refractivity contribution is 5.89. The lowest BCUT2D eigenvalue weighted by molar-refractivity contribution is -0.127. The van der Waals surface area contributed by atoms with Gasteiger partial charge in [-0.1, -0.05) is 0 Å². The molecule has 0 aromatic carbocycles. The molecule has 0 spiro atoms. The minimum absolute atomic E-state index is 0.0919. The van der Waals surface area contributed by atoms with Crippen LogP contribution in [0.15, 0.2) is 4.99 Å². The van der Waals surface area contributed by atoms with Gasteiger partial charge in [0, 0.05) is 20.1 Å². The van der Waals surface area contributed by atoms with Crippen LogP contribution in [-0.4, -0.2) is 42.9 Å². The molecule has 1 fully saturated rings. The van der Waals surface area contributed by atoms with E-state index in [4.69, 9.17) is 5.73 Å². The molecule has 3 N–H and O–H groups in total. The number of nitrogens with one attached hydrogen (secondary N) is 1. The van der Waals surface area contributed by atoms with E-state index >= 15 is 0 Å². The largest absolute Gasteiger partial charge is 0.370 e. The molecule has 74 valence electrons. The Morgan fingerprint density at radius 3 is 3.00 bits per heavy atom. The molecule has 0 aliphatic carbocycles. The van der Waals surface area contributed by atoms with Crippen molar-refractivity contribution in [3.05, 3.63) is 0 Å². The Labute approximate surface area is 78.0 Å². The lowest BCUT2D eigenvalue weighted by Crippen LogP contribution is -2.44. The quantitative estimate of drug-likeness (QED) is 0.433. The molecular formula is C8H16N4O. The van der Waals surface area contributed by atoms with Gasteiger partial charge in [-0.2, -0.15) is 0 Å². The van der Waals surface area contributed by atoms with Crippen molar-refractivity contribution in [2.45, 2.75) is 19.4 Å². The number of nitrogens with two attached hydrogens (primary N) is 1. The normalized spacial score (nSPS) is 23.8. The molecule has 1 aliphatic heterocycles. The summed E-state index contributed by atoms with van der Waals surface area (Å²) in [4.78, 5) is 17.0. The zero-order chi connectivity index (χ0) is 9.84. The van der Waals surface area contributed by atoms with E-state index in [1.54, 1.807) is 11.9 Å². The minimum Gasteiger partial charge on any atom is -0.370 e. The second-order valence-corrected chi connectivity index (χ2v) is 3.10. The zero-order valence-electron chi connectivity index (χ0n) is 8.08. The molecule has 1 heterocycles. The molecule has 1 atom stereocenters. The average Bonchev–Trinajstić information content (AvgIpc) is 2.37. The molecule has 1 saturated heterocycles. The van der Waals surface area contributed by atoms with Crippen LogP contribution < -0.4 is 11.1 Å². The topological polar surface area (TPSA) is 70.7 Å². The van der Waals surface area contributed by atoms with Crippen molar-refractivity contribution in [3.8, 4) is 0 Å². The highest BCUT2D eigenvalue weighted by Gasteiger charge is 2.28. The first-order chi connectivity index (χ1) is 6.15. The fraction of sp³-hybridized carbons (Fsp3) is 0.750. The van der Waals surface area contributed by atoms with E-state index in [1.165, 1.54) is 0 Å². The standard InChI is InChI=1S/C8H16N4O/c1-3-10-8(9)11-6-4-5-12(2)7(6)13/h6H,3-5H2,1-2H3,(H3,9,10,11). The fourth-order valence-electron chi connectivity index (χ4n) is 1.35. The van der Waals surface area contributed by atoms with E-state index in [2.05, 4.69) is 10.3 Å². The predicted molar refractivity (Wildman–Crippen MR) is 51.3 cm³/mol. The van der Waals surface area contributed by atoms with Crippen LogP contribution in [0, 0.1) is 0 Å². The summed E-state index contributed by atoms with van der Waals surface area (Å²) in [5, 5.41) is 2.90. The molecule has 1 unspecified atom stereocenters. The molecule has 5 nitrogen and oxygen atoms in total. The first-order valence-electron chi connectivity index (χ1n) is 4.46. The number of guanidine groups is 1. The molecule has 5 heteroatoms. The zero-order valence-corrected chi connectivity index (χ0v) is 8.08. The smallest absolute Gasteiger partial charge is 0.244 e. The van der Waals surface area contributed by atoms with Gasteiger partial charge in [-0.25, -0.2) is 0 Å². The Balaban J connectivity index is 2.47. The summed E-state index contributed by atoms with van der Waals surface area (Å²) in [7, 11) is 1.79. The molecule has 0 aromatic rings. The van der Waals surface area contributed by atoms with Gasteiger partial charge in [-0.05, 0) is 13.3 Å². The van der Waals surface area contributed by atoms with E-state index in [1.807, 2.05) is 6.92 Å². The van der Waals surface area contributed by atoms with Crippen LogP contribution in [0.1, 0.15) is 13.3 Å². The van der Waals surface area contributed by atoms with E-state index in [0.29, 0.717) is 12.5 Å². The van der Waals surface area contributed by atoms with Crippen LogP contribution in [0.4, 0.5) is 0 Å². The summed E-state index contributed by atoms with van der Waals surface area (Å²) in [5.74, 6) is 0.449. The van der Waals surface area contributed by atoms with Crippen LogP contribution in [0.25, 0.3) is 0 Å². The second-order valence-electron chi connectivity index (χ2n) is 3.10. The summed E-state index contributed by atoms with van der Waals surface area (Å²) in [6.45, 7) is 3.32. The average molecular weight is 184 g/mol. The number of carbonyl (C=O) groups is 1. The Bertz CT molecular complexity index is 226. The lowest BCUT2D eigenvalue weighted by atomic mass is 10.2. The second kappa shape index (κ2) is 4.11. The van der Waals surface area contributed by atoms with Gasteiger partial charge >= 0.3 is 0 Å². The summed E-state index contributed by atoms with van der Waals surface area (Å²) in [5.41, 5.74) is 5.54. The van der Waals surface area contributed by atoms with E-state index in [9.17, 15) is 4.79 Å². The maximum atomic E-state index is 11.4.